The summed E-state index contributed by atoms with van der Waals surface area (Å²) in [4.78, 5) is 16.7. The minimum absolute atomic E-state index is 0. The van der Waals surface area contributed by atoms with Gasteiger partial charge in [0.15, 0.2) is 0 Å². The number of nitrogens with zero attached hydrogens (tertiary/aromatic N) is 2. The van der Waals surface area contributed by atoms with Crippen LogP contribution in [0.3, 0.4) is 0 Å². The molecule has 1 aliphatic heterocycles. The molecule has 0 bridgehead atoms. The molecule has 132 valence electrons. The van der Waals surface area contributed by atoms with Crippen LogP contribution in [0.2, 0.25) is 0 Å². The van der Waals surface area contributed by atoms with Crippen molar-refractivity contribution < 1.29 is 6.22 Å². The van der Waals surface area contributed by atoms with E-state index in [9.17, 15) is 4.79 Å². The summed E-state index contributed by atoms with van der Waals surface area (Å²) in [6.07, 6.45) is 7.56. The Morgan fingerprint density at radius 3 is 2.85 bits per heavy atom. The maximum Gasteiger partial charge on any atom is 0.231 e. The van der Waals surface area contributed by atoms with Crippen molar-refractivity contribution in [1.82, 2.24) is 9.55 Å². The van der Waals surface area contributed by atoms with Gasteiger partial charge < -0.3 is 9.88 Å². The fourth-order valence-corrected chi connectivity index (χ4v) is 4.51. The monoisotopic (exact) mass is 345 g/mol. The average Bonchev–Trinajstić information content (AvgIpc) is 3.23. The summed E-state index contributed by atoms with van der Waals surface area (Å²) >= 11 is 0. The second kappa shape index (κ2) is 5.56. The fraction of sp³-hybridized carbons (Fsp3) is 0.273. The number of fused-ring (bicyclic) bond motifs is 3. The van der Waals surface area contributed by atoms with Gasteiger partial charge in [0.05, 0.1) is 17.8 Å². The number of hydrogen-bond donors (Lipinski definition) is 1. The van der Waals surface area contributed by atoms with E-state index in [1.54, 1.807) is 0 Å². The first-order valence-electron chi connectivity index (χ1n) is 9.20. The number of benzene rings is 2. The third-order valence-corrected chi connectivity index (χ3v) is 6.11. The Bertz CT molecular complexity index is 970. The molecule has 5 rings (SSSR count). The molecule has 1 saturated carbocycles. The van der Waals surface area contributed by atoms with Gasteiger partial charge >= 0.3 is 0 Å². The lowest BCUT2D eigenvalue weighted by Crippen LogP contribution is -2.29. The van der Waals surface area contributed by atoms with E-state index >= 15 is 0 Å². The van der Waals surface area contributed by atoms with Gasteiger partial charge in [0.25, 0.3) is 0 Å². The maximum absolute atomic E-state index is 12.5. The average molecular weight is 345 g/mol. The van der Waals surface area contributed by atoms with Crippen LogP contribution in [0.15, 0.2) is 67.3 Å². The Labute approximate surface area is 154 Å². The molecule has 2 aromatic carbocycles. The lowest BCUT2D eigenvalue weighted by molar-refractivity contribution is -0.121. The second-order valence-corrected chi connectivity index (χ2v) is 7.39. The van der Waals surface area contributed by atoms with Crippen LogP contribution in [-0.4, -0.2) is 15.5 Å². The number of nitrogens with one attached hydrogen (secondary N) is 1. The van der Waals surface area contributed by atoms with Gasteiger partial charge in [-0.2, -0.15) is 0 Å². The zero-order chi connectivity index (χ0) is 17.7. The molecule has 1 amide bonds. The highest BCUT2D eigenvalue weighted by molar-refractivity contribution is 6.02. The zero-order valence-electron chi connectivity index (χ0n) is 14.7. The van der Waals surface area contributed by atoms with Gasteiger partial charge in [-0.1, -0.05) is 49.4 Å². The van der Waals surface area contributed by atoms with E-state index in [-0.39, 0.29) is 18.8 Å². The molecule has 0 saturated heterocycles. The molecule has 2 heterocycles. The fourth-order valence-electron chi connectivity index (χ4n) is 4.51. The Balaban J connectivity index is 0.00000180. The van der Waals surface area contributed by atoms with Crippen molar-refractivity contribution in [2.75, 3.05) is 5.32 Å². The van der Waals surface area contributed by atoms with E-state index in [4.69, 9.17) is 0 Å². The number of rotatable bonds is 4. The minimum atomic E-state index is -0.178. The highest BCUT2D eigenvalue weighted by atomic mass is 16.2. The first-order chi connectivity index (χ1) is 12.7. The molecule has 0 spiro atoms. The molecule has 1 fully saturated rings. The smallest absolute Gasteiger partial charge is 0.231 e. The van der Waals surface area contributed by atoms with Crippen LogP contribution < -0.4 is 5.32 Å². The molecule has 4 heteroatoms. The Kier molecular flexibility index (Phi) is 3.29. The number of aromatic nitrogens is 2. The van der Waals surface area contributed by atoms with Crippen LogP contribution >= 0.6 is 0 Å². The third kappa shape index (κ3) is 2.15. The maximum atomic E-state index is 12.5. The predicted octanol–water partition coefficient (Wildman–Crippen LogP) is 4.60. The van der Waals surface area contributed by atoms with E-state index in [1.165, 1.54) is 16.7 Å². The van der Waals surface area contributed by atoms with E-state index in [0.717, 1.165) is 18.5 Å². The molecule has 26 heavy (non-hydrogen) atoms. The molecule has 3 aromatic rings. The Hall–Kier alpha value is -2.88. The Morgan fingerprint density at radius 1 is 1.27 bits per heavy atom. The van der Waals surface area contributed by atoms with Crippen molar-refractivity contribution in [2.45, 2.75) is 31.7 Å². The van der Waals surface area contributed by atoms with Crippen molar-refractivity contribution in [1.29, 1.82) is 0 Å². The van der Waals surface area contributed by atoms with Crippen molar-refractivity contribution in [3.63, 3.8) is 0 Å². The molecule has 3 unspecified atom stereocenters. The van der Waals surface area contributed by atoms with Crippen LogP contribution in [0.5, 0.6) is 0 Å². The molecule has 3 atom stereocenters. The third-order valence-electron chi connectivity index (χ3n) is 6.11. The van der Waals surface area contributed by atoms with Crippen LogP contribution in [0.1, 0.15) is 49.8 Å². The highest BCUT2D eigenvalue weighted by Crippen LogP contribution is 2.65. The van der Waals surface area contributed by atoms with Gasteiger partial charge in [0.2, 0.25) is 5.91 Å². The molecule has 0 radical (unpaired) electrons. The number of imidazole rings is 1. The van der Waals surface area contributed by atoms with Gasteiger partial charge in [-0.15, -0.1) is 0 Å². The molecular formula is C22H23N3O. The first kappa shape index (κ1) is 15.4. The van der Waals surface area contributed by atoms with E-state index in [0.29, 0.717) is 5.92 Å². The topological polar surface area (TPSA) is 46.9 Å². The van der Waals surface area contributed by atoms with Crippen LogP contribution in [-0.2, 0) is 4.79 Å². The normalized spacial score (nSPS) is 24.3. The highest BCUT2D eigenvalue weighted by Gasteiger charge is 2.61. The van der Waals surface area contributed by atoms with Crippen molar-refractivity contribution in [2.24, 2.45) is 5.41 Å². The molecule has 2 aliphatic rings. The summed E-state index contributed by atoms with van der Waals surface area (Å²) in [6, 6.07) is 17.0. The number of hydrogen-bond acceptors (Lipinski definition) is 2. The minimum Gasteiger partial charge on any atom is -0.326 e. The quantitative estimate of drug-likeness (QED) is 0.751. The summed E-state index contributed by atoms with van der Waals surface area (Å²) in [5.74, 6) is 0.551. The van der Waals surface area contributed by atoms with Crippen molar-refractivity contribution in [3.05, 3.63) is 83.9 Å². The van der Waals surface area contributed by atoms with Crippen LogP contribution in [0.4, 0.5) is 5.69 Å². The Morgan fingerprint density at radius 2 is 2.12 bits per heavy atom. The molecule has 4 nitrogen and oxygen atoms in total. The second-order valence-electron chi connectivity index (χ2n) is 7.39. The van der Waals surface area contributed by atoms with Gasteiger partial charge in [-0.3, -0.25) is 4.79 Å². The summed E-state index contributed by atoms with van der Waals surface area (Å²) < 4.78 is 2.14. The number of carbonyl (C=O) groups is 1. The standard InChI is InChI=1S/C22H21N3O.H2/c1-2-22-13-18(22)17-12-16(8-9-19(17)24-21(22)26)20(25-11-10-23-14-25)15-6-4-3-5-7-15;/h3-12,14,18,20H,2,13H2,1H3,(H,24,26);1H. The predicted molar refractivity (Wildman–Crippen MR) is 103 cm³/mol. The summed E-state index contributed by atoms with van der Waals surface area (Å²) in [5.41, 5.74) is 4.53. The summed E-state index contributed by atoms with van der Waals surface area (Å²) in [5, 5.41) is 3.13. The van der Waals surface area contributed by atoms with Gasteiger partial charge in [-0.05, 0) is 35.6 Å². The van der Waals surface area contributed by atoms with E-state index in [2.05, 4.69) is 64.3 Å². The zero-order valence-corrected chi connectivity index (χ0v) is 14.7. The van der Waals surface area contributed by atoms with Crippen LogP contribution in [0.25, 0.3) is 0 Å². The number of anilines is 1. The van der Waals surface area contributed by atoms with E-state index < -0.39 is 0 Å². The lowest BCUT2D eigenvalue weighted by atomic mass is 9.88. The van der Waals surface area contributed by atoms with Crippen LogP contribution in [0, 0.1) is 5.41 Å². The lowest BCUT2D eigenvalue weighted by Gasteiger charge is -2.26. The molecule has 1 aliphatic carbocycles. The summed E-state index contributed by atoms with van der Waals surface area (Å²) in [7, 11) is 0. The molecule has 1 aromatic heterocycles. The number of carbonyl (C=O) groups excluding carboxylic acids is 1. The first-order valence-corrected chi connectivity index (χ1v) is 9.20. The SMILES string of the molecule is CCC12CC1c1cc(C(c3ccccc3)n3ccnc3)ccc1NC2=O.[HH]. The van der Waals surface area contributed by atoms with Gasteiger partial charge in [0.1, 0.15) is 0 Å². The van der Waals surface area contributed by atoms with Gasteiger partial charge in [-0.25, -0.2) is 4.98 Å². The van der Waals surface area contributed by atoms with Crippen molar-refractivity contribution >= 4 is 11.6 Å². The number of amides is 1. The summed E-state index contributed by atoms with van der Waals surface area (Å²) in [6.45, 7) is 2.12. The molecular weight excluding hydrogens is 322 g/mol. The van der Waals surface area contributed by atoms with Crippen molar-refractivity contribution in [3.8, 4) is 0 Å². The van der Waals surface area contributed by atoms with E-state index in [1.807, 2.05) is 24.8 Å². The largest absolute Gasteiger partial charge is 0.326 e. The molecule has 1 N–H and O–H groups in total. The van der Waals surface area contributed by atoms with Gasteiger partial charge in [0, 0.05) is 25.4 Å².